The van der Waals surface area contributed by atoms with Gasteiger partial charge in [-0.1, -0.05) is 20.8 Å². The Labute approximate surface area is 83.6 Å². The number of rotatable bonds is 5. The van der Waals surface area contributed by atoms with Crippen molar-refractivity contribution in [2.24, 2.45) is 5.92 Å². The predicted octanol–water partition coefficient (Wildman–Crippen LogP) is 1.47. The molecule has 0 rings (SSSR count). The Morgan fingerprint density at radius 1 is 1.07 bits per heavy atom. The highest BCUT2D eigenvalue weighted by Crippen LogP contribution is 2.09. The minimum atomic E-state index is -1.04. The van der Waals surface area contributed by atoms with E-state index in [1.165, 1.54) is 0 Å². The summed E-state index contributed by atoms with van der Waals surface area (Å²) in [6.45, 7) is 5.22. The Morgan fingerprint density at radius 3 is 1.93 bits per heavy atom. The second-order valence-electron chi connectivity index (χ2n) is 3.00. The SMILES string of the molecule is CCC(=O)C(=O)OC(=O)C(CC)CC. The lowest BCUT2D eigenvalue weighted by atomic mass is 10.0. The van der Waals surface area contributed by atoms with Crippen molar-refractivity contribution in [3.05, 3.63) is 0 Å². The Bertz CT molecular complexity index is 228. The summed E-state index contributed by atoms with van der Waals surface area (Å²) in [5.41, 5.74) is 0. The summed E-state index contributed by atoms with van der Waals surface area (Å²) in [4.78, 5) is 33.0. The Morgan fingerprint density at radius 2 is 1.57 bits per heavy atom. The third kappa shape index (κ3) is 3.68. The van der Waals surface area contributed by atoms with Crippen molar-refractivity contribution in [3.8, 4) is 0 Å². The number of ketones is 1. The van der Waals surface area contributed by atoms with Crippen molar-refractivity contribution in [1.29, 1.82) is 0 Å². The summed E-state index contributed by atoms with van der Waals surface area (Å²) in [6.07, 6.45) is 1.29. The van der Waals surface area contributed by atoms with Crippen LogP contribution in [-0.4, -0.2) is 17.7 Å². The number of hydrogen-bond donors (Lipinski definition) is 0. The monoisotopic (exact) mass is 200 g/mol. The van der Waals surface area contributed by atoms with Crippen LogP contribution in [0.1, 0.15) is 40.0 Å². The van der Waals surface area contributed by atoms with E-state index >= 15 is 0 Å². The van der Waals surface area contributed by atoms with Gasteiger partial charge in [0.25, 0.3) is 0 Å². The van der Waals surface area contributed by atoms with Gasteiger partial charge in [-0.3, -0.25) is 9.59 Å². The van der Waals surface area contributed by atoms with Gasteiger partial charge in [-0.15, -0.1) is 0 Å². The number of esters is 2. The standard InChI is InChI=1S/C10H16O4/c1-4-7(5-2)9(12)14-10(13)8(11)6-3/h7H,4-6H2,1-3H3. The van der Waals surface area contributed by atoms with Gasteiger partial charge in [0, 0.05) is 6.42 Å². The largest absolute Gasteiger partial charge is 0.387 e. The molecule has 0 radical (unpaired) electrons. The molecule has 0 atom stereocenters. The molecule has 4 nitrogen and oxygen atoms in total. The molecule has 0 fully saturated rings. The molecule has 80 valence electrons. The molecule has 0 spiro atoms. The van der Waals surface area contributed by atoms with Gasteiger partial charge in [-0.25, -0.2) is 4.79 Å². The van der Waals surface area contributed by atoms with E-state index in [-0.39, 0.29) is 12.3 Å². The van der Waals surface area contributed by atoms with Crippen LogP contribution in [0.5, 0.6) is 0 Å². The van der Waals surface area contributed by atoms with Crippen LogP contribution in [0.4, 0.5) is 0 Å². The van der Waals surface area contributed by atoms with Gasteiger partial charge >= 0.3 is 11.9 Å². The smallest absolute Gasteiger partial charge is 0.382 e. The summed E-state index contributed by atoms with van der Waals surface area (Å²) in [5.74, 6) is -2.58. The van der Waals surface area contributed by atoms with Crippen molar-refractivity contribution >= 4 is 17.7 Å². The Kier molecular flexibility index (Phi) is 5.76. The van der Waals surface area contributed by atoms with Gasteiger partial charge in [0.15, 0.2) is 0 Å². The van der Waals surface area contributed by atoms with Crippen LogP contribution >= 0.6 is 0 Å². The molecule has 0 aliphatic heterocycles. The fourth-order valence-corrected chi connectivity index (χ4v) is 0.998. The van der Waals surface area contributed by atoms with Gasteiger partial charge in [-0.05, 0) is 12.8 Å². The molecule has 0 heterocycles. The number of ether oxygens (including phenoxy) is 1. The molecular formula is C10H16O4. The lowest BCUT2D eigenvalue weighted by molar-refractivity contribution is -0.166. The molecule has 0 aromatic heterocycles. The summed E-state index contributed by atoms with van der Waals surface area (Å²) < 4.78 is 4.42. The highest BCUT2D eigenvalue weighted by Gasteiger charge is 2.22. The molecule has 0 unspecified atom stereocenters. The van der Waals surface area contributed by atoms with Gasteiger partial charge in [-0.2, -0.15) is 0 Å². The average molecular weight is 200 g/mol. The number of carbonyl (C=O) groups is 3. The maximum Gasteiger partial charge on any atom is 0.382 e. The van der Waals surface area contributed by atoms with Crippen LogP contribution in [0.3, 0.4) is 0 Å². The van der Waals surface area contributed by atoms with E-state index in [0.717, 1.165) is 0 Å². The zero-order chi connectivity index (χ0) is 11.1. The van der Waals surface area contributed by atoms with Crippen molar-refractivity contribution < 1.29 is 19.1 Å². The molecular weight excluding hydrogens is 184 g/mol. The second-order valence-corrected chi connectivity index (χ2v) is 3.00. The van der Waals surface area contributed by atoms with Crippen molar-refractivity contribution in [3.63, 3.8) is 0 Å². The van der Waals surface area contributed by atoms with E-state index in [1.807, 2.05) is 13.8 Å². The zero-order valence-electron chi connectivity index (χ0n) is 8.83. The van der Waals surface area contributed by atoms with Crippen LogP contribution in [0, 0.1) is 5.92 Å². The highest BCUT2D eigenvalue weighted by atomic mass is 16.6. The number of Topliss-reactive ketones (excluding diaryl/α,β-unsaturated/α-hetero) is 1. The summed E-state index contributed by atoms with van der Waals surface area (Å²) in [6, 6.07) is 0. The average Bonchev–Trinajstić information content (AvgIpc) is 2.18. The van der Waals surface area contributed by atoms with Gasteiger partial charge in [0.1, 0.15) is 0 Å². The normalized spacial score (nSPS) is 10.0. The van der Waals surface area contributed by atoms with Gasteiger partial charge in [0.2, 0.25) is 5.78 Å². The third-order valence-corrected chi connectivity index (χ3v) is 2.06. The lowest BCUT2D eigenvalue weighted by Gasteiger charge is -2.09. The quantitative estimate of drug-likeness (QED) is 0.383. The van der Waals surface area contributed by atoms with E-state index in [1.54, 1.807) is 6.92 Å². The number of hydrogen-bond acceptors (Lipinski definition) is 4. The fraction of sp³-hybridized carbons (Fsp3) is 0.700. The van der Waals surface area contributed by atoms with Gasteiger partial charge < -0.3 is 4.74 Å². The molecule has 0 bridgehead atoms. The Hall–Kier alpha value is -1.19. The molecule has 0 aromatic rings. The first-order chi connectivity index (χ1) is 6.56. The van der Waals surface area contributed by atoms with Crippen LogP contribution in [-0.2, 0) is 19.1 Å². The molecule has 0 aromatic carbocycles. The van der Waals surface area contributed by atoms with Crippen LogP contribution in [0.2, 0.25) is 0 Å². The van der Waals surface area contributed by atoms with Crippen LogP contribution in [0.25, 0.3) is 0 Å². The topological polar surface area (TPSA) is 60.4 Å². The van der Waals surface area contributed by atoms with Gasteiger partial charge in [0.05, 0.1) is 5.92 Å². The molecule has 0 N–H and O–H groups in total. The predicted molar refractivity (Wildman–Crippen MR) is 50.5 cm³/mol. The third-order valence-electron chi connectivity index (χ3n) is 2.06. The van der Waals surface area contributed by atoms with E-state index < -0.39 is 17.7 Å². The first kappa shape index (κ1) is 12.8. The zero-order valence-corrected chi connectivity index (χ0v) is 8.83. The molecule has 0 aliphatic carbocycles. The fourth-order valence-electron chi connectivity index (χ4n) is 0.998. The molecule has 0 saturated heterocycles. The summed E-state index contributed by atoms with van der Waals surface area (Å²) >= 11 is 0. The number of carbonyl (C=O) groups excluding carboxylic acids is 3. The molecule has 0 amide bonds. The van der Waals surface area contributed by atoms with E-state index in [4.69, 9.17) is 0 Å². The van der Waals surface area contributed by atoms with E-state index in [0.29, 0.717) is 12.8 Å². The van der Waals surface area contributed by atoms with Crippen molar-refractivity contribution in [2.45, 2.75) is 40.0 Å². The lowest BCUT2D eigenvalue weighted by Crippen LogP contribution is -2.25. The molecule has 0 saturated carbocycles. The maximum absolute atomic E-state index is 11.2. The highest BCUT2D eigenvalue weighted by molar-refractivity contribution is 6.35. The molecule has 0 aliphatic rings. The Balaban J connectivity index is 4.18. The van der Waals surface area contributed by atoms with Crippen molar-refractivity contribution in [1.82, 2.24) is 0 Å². The maximum atomic E-state index is 11.2. The van der Waals surface area contributed by atoms with Crippen LogP contribution < -0.4 is 0 Å². The molecule has 14 heavy (non-hydrogen) atoms. The minimum absolute atomic E-state index is 0.0645. The van der Waals surface area contributed by atoms with Crippen LogP contribution in [0.15, 0.2) is 0 Å². The first-order valence-corrected chi connectivity index (χ1v) is 4.85. The molecule has 4 heteroatoms. The summed E-state index contributed by atoms with van der Waals surface area (Å²) in [7, 11) is 0. The second kappa shape index (κ2) is 6.29. The minimum Gasteiger partial charge on any atom is -0.387 e. The van der Waals surface area contributed by atoms with E-state index in [9.17, 15) is 14.4 Å². The summed E-state index contributed by atoms with van der Waals surface area (Å²) in [5, 5.41) is 0. The van der Waals surface area contributed by atoms with Crippen molar-refractivity contribution in [2.75, 3.05) is 0 Å². The first-order valence-electron chi connectivity index (χ1n) is 4.85. The van der Waals surface area contributed by atoms with E-state index in [2.05, 4.69) is 4.74 Å².